The first kappa shape index (κ1) is 10.6. The van der Waals surface area contributed by atoms with E-state index in [2.05, 4.69) is 10.4 Å². The molecule has 6 nitrogen and oxygen atoms in total. The van der Waals surface area contributed by atoms with Crippen LogP contribution in [0.1, 0.15) is 17.4 Å². The first-order valence-electron chi connectivity index (χ1n) is 3.88. The van der Waals surface area contributed by atoms with E-state index < -0.39 is 5.97 Å². The number of ether oxygens (including phenoxy) is 1. The molecule has 0 spiro atoms. The van der Waals surface area contributed by atoms with Gasteiger partial charge in [-0.3, -0.25) is 0 Å². The van der Waals surface area contributed by atoms with E-state index in [4.69, 9.17) is 4.74 Å². The molecule has 0 fully saturated rings. The summed E-state index contributed by atoms with van der Waals surface area (Å²) in [5, 5.41) is 7.28. The standard InChI is InChI=1S/C7H9N3O3S/c1-3-13-6(11)5-4-14-7(8-9-12)10(5)2/h4H,3H2,1-2H3/b8-7-. The van der Waals surface area contributed by atoms with Crippen LogP contribution in [-0.2, 0) is 11.8 Å². The summed E-state index contributed by atoms with van der Waals surface area (Å²) in [5.74, 6) is -0.432. The summed E-state index contributed by atoms with van der Waals surface area (Å²) in [4.78, 5) is 21.6. The van der Waals surface area contributed by atoms with Crippen LogP contribution >= 0.6 is 11.3 Å². The predicted octanol–water partition coefficient (Wildman–Crippen LogP) is 0.845. The fraction of sp³-hybridized carbons (Fsp3) is 0.429. The lowest BCUT2D eigenvalue weighted by Gasteiger charge is -2.00. The molecule has 1 heterocycles. The highest BCUT2D eigenvalue weighted by Gasteiger charge is 2.11. The number of carbonyl (C=O) groups is 1. The van der Waals surface area contributed by atoms with Gasteiger partial charge in [0.2, 0.25) is 4.80 Å². The van der Waals surface area contributed by atoms with Crippen molar-refractivity contribution in [3.63, 3.8) is 0 Å². The van der Waals surface area contributed by atoms with Crippen LogP contribution in [0.3, 0.4) is 0 Å². The lowest BCUT2D eigenvalue weighted by molar-refractivity contribution is 0.0515. The Labute approximate surface area is 83.8 Å². The molecule has 1 rings (SSSR count). The summed E-state index contributed by atoms with van der Waals surface area (Å²) >= 11 is 1.16. The van der Waals surface area contributed by atoms with Crippen LogP contribution in [0.25, 0.3) is 0 Å². The molecule has 0 bridgehead atoms. The monoisotopic (exact) mass is 215 g/mol. The molecule has 0 atom stereocenters. The van der Waals surface area contributed by atoms with Gasteiger partial charge in [0.1, 0.15) is 5.69 Å². The van der Waals surface area contributed by atoms with Crippen LogP contribution < -0.4 is 4.80 Å². The molecular weight excluding hydrogens is 206 g/mol. The molecule has 0 saturated heterocycles. The van der Waals surface area contributed by atoms with Gasteiger partial charge in [0.25, 0.3) is 0 Å². The zero-order valence-electron chi connectivity index (χ0n) is 7.76. The van der Waals surface area contributed by atoms with Crippen LogP contribution in [0.2, 0.25) is 0 Å². The second-order valence-corrected chi connectivity index (χ2v) is 3.20. The van der Waals surface area contributed by atoms with Crippen LogP contribution in [0.4, 0.5) is 0 Å². The van der Waals surface area contributed by atoms with E-state index in [0.717, 1.165) is 11.3 Å². The Balaban J connectivity index is 3.07. The molecule has 0 saturated carbocycles. The number of aromatic nitrogens is 1. The Morgan fingerprint density at radius 2 is 2.43 bits per heavy atom. The third-order valence-corrected chi connectivity index (χ3v) is 2.44. The quantitative estimate of drug-likeness (QED) is 0.426. The van der Waals surface area contributed by atoms with Crippen molar-refractivity contribution in [3.8, 4) is 0 Å². The summed E-state index contributed by atoms with van der Waals surface area (Å²) in [6.45, 7) is 2.04. The molecule has 7 heteroatoms. The SMILES string of the molecule is CCOC(=O)c1cs/c(=N\N=O)n1C. The van der Waals surface area contributed by atoms with E-state index in [-0.39, 0.29) is 0 Å². The zero-order chi connectivity index (χ0) is 10.6. The summed E-state index contributed by atoms with van der Waals surface area (Å²) in [5.41, 5.74) is 0.360. The second kappa shape index (κ2) is 4.66. The fourth-order valence-corrected chi connectivity index (χ4v) is 1.69. The smallest absolute Gasteiger partial charge is 0.355 e. The summed E-state index contributed by atoms with van der Waals surface area (Å²) < 4.78 is 6.26. The Morgan fingerprint density at radius 1 is 1.71 bits per heavy atom. The lowest BCUT2D eigenvalue weighted by Crippen LogP contribution is -2.17. The number of thiazole rings is 1. The molecule has 0 aromatic carbocycles. The number of esters is 1. The van der Waals surface area contributed by atoms with Gasteiger partial charge < -0.3 is 9.30 Å². The number of nitrogens with zero attached hydrogens (tertiary/aromatic N) is 3. The molecule has 0 aliphatic heterocycles. The third-order valence-electron chi connectivity index (χ3n) is 1.54. The van der Waals surface area contributed by atoms with E-state index in [1.807, 2.05) is 0 Å². The van der Waals surface area contributed by atoms with Crippen molar-refractivity contribution in [2.45, 2.75) is 6.92 Å². The van der Waals surface area contributed by atoms with Gasteiger partial charge in [0.15, 0.2) is 0 Å². The molecule has 0 N–H and O–H groups in total. The first-order valence-corrected chi connectivity index (χ1v) is 4.76. The van der Waals surface area contributed by atoms with Crippen LogP contribution in [0, 0.1) is 4.91 Å². The lowest BCUT2D eigenvalue weighted by atomic mass is 10.5. The molecule has 1 aromatic rings. The van der Waals surface area contributed by atoms with Crippen molar-refractivity contribution in [3.05, 3.63) is 20.8 Å². The molecule has 0 amide bonds. The van der Waals surface area contributed by atoms with E-state index in [0.29, 0.717) is 17.1 Å². The minimum absolute atomic E-state index is 0.313. The number of rotatable bonds is 3. The number of hydrogen-bond donors (Lipinski definition) is 0. The van der Waals surface area contributed by atoms with Gasteiger partial charge in [-0.1, -0.05) is 5.10 Å². The Morgan fingerprint density at radius 3 is 3.00 bits per heavy atom. The van der Waals surface area contributed by atoms with Crippen molar-refractivity contribution in [2.24, 2.45) is 17.4 Å². The van der Waals surface area contributed by atoms with Crippen molar-refractivity contribution in [2.75, 3.05) is 6.61 Å². The average Bonchev–Trinajstić information content (AvgIpc) is 2.49. The predicted molar refractivity (Wildman–Crippen MR) is 50.6 cm³/mol. The van der Waals surface area contributed by atoms with Gasteiger partial charge >= 0.3 is 5.97 Å². The maximum Gasteiger partial charge on any atom is 0.355 e. The van der Waals surface area contributed by atoms with E-state index in [1.165, 1.54) is 4.57 Å². The highest BCUT2D eigenvalue weighted by molar-refractivity contribution is 7.07. The highest BCUT2D eigenvalue weighted by Crippen LogP contribution is 2.02. The fourth-order valence-electron chi connectivity index (χ4n) is 0.885. The zero-order valence-corrected chi connectivity index (χ0v) is 8.58. The Bertz CT molecular complexity index is 407. The molecular formula is C7H9N3O3S. The number of hydrogen-bond acceptors (Lipinski definition) is 5. The Hall–Kier alpha value is -1.50. The van der Waals surface area contributed by atoms with E-state index in [1.54, 1.807) is 19.4 Å². The largest absolute Gasteiger partial charge is 0.461 e. The maximum absolute atomic E-state index is 11.3. The highest BCUT2D eigenvalue weighted by atomic mass is 32.1. The molecule has 14 heavy (non-hydrogen) atoms. The van der Waals surface area contributed by atoms with Crippen molar-refractivity contribution < 1.29 is 9.53 Å². The molecule has 76 valence electrons. The van der Waals surface area contributed by atoms with Gasteiger partial charge in [0.05, 0.1) is 11.9 Å². The molecule has 0 radical (unpaired) electrons. The average molecular weight is 215 g/mol. The van der Waals surface area contributed by atoms with Gasteiger partial charge in [0, 0.05) is 12.4 Å². The minimum atomic E-state index is -0.432. The molecule has 0 aliphatic rings. The summed E-state index contributed by atoms with van der Waals surface area (Å²) in [6, 6.07) is 0. The van der Waals surface area contributed by atoms with Crippen LogP contribution in [0.15, 0.2) is 15.8 Å². The van der Waals surface area contributed by atoms with Gasteiger partial charge in [-0.2, -0.15) is 0 Å². The number of carbonyl (C=O) groups excluding carboxylic acids is 1. The van der Waals surface area contributed by atoms with Crippen LogP contribution in [0.5, 0.6) is 0 Å². The van der Waals surface area contributed by atoms with Gasteiger partial charge in [-0.25, -0.2) is 4.79 Å². The van der Waals surface area contributed by atoms with Gasteiger partial charge in [-0.15, -0.1) is 16.2 Å². The summed E-state index contributed by atoms with van der Waals surface area (Å²) in [7, 11) is 1.62. The first-order chi connectivity index (χ1) is 6.70. The summed E-state index contributed by atoms with van der Waals surface area (Å²) in [6.07, 6.45) is 0. The molecule has 1 aromatic heterocycles. The maximum atomic E-state index is 11.3. The van der Waals surface area contributed by atoms with Crippen LogP contribution in [-0.4, -0.2) is 17.1 Å². The second-order valence-electron chi connectivity index (χ2n) is 2.36. The normalized spacial score (nSPS) is 11.4. The minimum Gasteiger partial charge on any atom is -0.461 e. The van der Waals surface area contributed by atoms with Crippen molar-refractivity contribution in [1.82, 2.24) is 4.57 Å². The van der Waals surface area contributed by atoms with Gasteiger partial charge in [-0.05, 0) is 6.92 Å². The van der Waals surface area contributed by atoms with E-state index >= 15 is 0 Å². The topological polar surface area (TPSA) is 73.0 Å². The van der Waals surface area contributed by atoms with Crippen molar-refractivity contribution in [1.29, 1.82) is 0 Å². The third kappa shape index (κ3) is 2.05. The Kier molecular flexibility index (Phi) is 3.52. The van der Waals surface area contributed by atoms with E-state index in [9.17, 15) is 9.70 Å². The number of nitroso groups, excluding NO2 is 1. The molecule has 0 unspecified atom stereocenters. The van der Waals surface area contributed by atoms with Crippen molar-refractivity contribution >= 4 is 17.3 Å². The molecule has 0 aliphatic carbocycles.